The van der Waals surface area contributed by atoms with E-state index in [1.165, 1.54) is 0 Å². The van der Waals surface area contributed by atoms with Crippen LogP contribution in [0.15, 0.2) is 42.5 Å². The first kappa shape index (κ1) is 14.9. The number of rotatable bonds is 3. The predicted molar refractivity (Wildman–Crippen MR) is 95.1 cm³/mol. The fraction of sp³-hybridized carbons (Fsp3) is 0.167. The summed E-state index contributed by atoms with van der Waals surface area (Å²) in [7, 11) is 0. The van der Waals surface area contributed by atoms with Gasteiger partial charge in [-0.25, -0.2) is 4.98 Å². The zero-order valence-corrected chi connectivity index (χ0v) is 14.1. The molecular weight excluding hydrogens is 324 g/mol. The van der Waals surface area contributed by atoms with Gasteiger partial charge in [-0.15, -0.1) is 0 Å². The number of hydrogen-bond donors (Lipinski definition) is 0. The second kappa shape index (κ2) is 5.76. The SMILES string of the molecule is CCOc1cccc(-n2nc(C)c3c(Cl)c4ccccc4nc32)n1. The van der Waals surface area contributed by atoms with Crippen molar-refractivity contribution in [2.24, 2.45) is 0 Å². The van der Waals surface area contributed by atoms with Crippen LogP contribution in [0, 0.1) is 6.92 Å². The average Bonchev–Trinajstić information content (AvgIpc) is 2.93. The van der Waals surface area contributed by atoms with E-state index in [0.29, 0.717) is 29.0 Å². The van der Waals surface area contributed by atoms with E-state index in [0.717, 1.165) is 22.0 Å². The first-order valence-electron chi connectivity index (χ1n) is 7.73. The molecule has 0 fully saturated rings. The fourth-order valence-electron chi connectivity index (χ4n) is 2.79. The van der Waals surface area contributed by atoms with Crippen molar-refractivity contribution < 1.29 is 4.74 Å². The van der Waals surface area contributed by atoms with Crippen LogP contribution in [0.25, 0.3) is 27.8 Å². The summed E-state index contributed by atoms with van der Waals surface area (Å²) in [6, 6.07) is 13.4. The van der Waals surface area contributed by atoms with Crippen LogP contribution in [-0.4, -0.2) is 26.4 Å². The van der Waals surface area contributed by atoms with Crippen LogP contribution < -0.4 is 4.74 Å². The number of para-hydroxylation sites is 1. The van der Waals surface area contributed by atoms with Gasteiger partial charge in [0.15, 0.2) is 11.5 Å². The third-order valence-electron chi connectivity index (χ3n) is 3.84. The van der Waals surface area contributed by atoms with Crippen molar-refractivity contribution in [3.05, 3.63) is 53.2 Å². The van der Waals surface area contributed by atoms with Crippen LogP contribution >= 0.6 is 11.6 Å². The fourth-order valence-corrected chi connectivity index (χ4v) is 3.17. The molecule has 0 bridgehead atoms. The minimum Gasteiger partial charge on any atom is -0.478 e. The Bertz CT molecular complexity index is 1060. The van der Waals surface area contributed by atoms with Crippen molar-refractivity contribution in [3.8, 4) is 11.7 Å². The number of hydrogen-bond acceptors (Lipinski definition) is 4. The Kier molecular flexibility index (Phi) is 3.58. The van der Waals surface area contributed by atoms with E-state index < -0.39 is 0 Å². The molecule has 0 aliphatic heterocycles. The summed E-state index contributed by atoms with van der Waals surface area (Å²) in [5, 5.41) is 7.03. The zero-order valence-electron chi connectivity index (χ0n) is 13.3. The lowest BCUT2D eigenvalue weighted by atomic mass is 10.1. The van der Waals surface area contributed by atoms with E-state index >= 15 is 0 Å². The smallest absolute Gasteiger partial charge is 0.215 e. The highest BCUT2D eigenvalue weighted by molar-refractivity contribution is 6.40. The lowest BCUT2D eigenvalue weighted by molar-refractivity contribution is 0.326. The summed E-state index contributed by atoms with van der Waals surface area (Å²) in [5.41, 5.74) is 2.34. The Morgan fingerprint density at radius 1 is 1.08 bits per heavy atom. The summed E-state index contributed by atoms with van der Waals surface area (Å²) >= 11 is 6.62. The Labute approximate surface area is 143 Å². The number of pyridine rings is 2. The minimum absolute atomic E-state index is 0.559. The molecule has 1 aromatic carbocycles. The number of aryl methyl sites for hydroxylation is 1. The molecule has 3 heterocycles. The summed E-state index contributed by atoms with van der Waals surface area (Å²) in [4.78, 5) is 9.25. The van der Waals surface area contributed by atoms with Gasteiger partial charge in [0.05, 0.1) is 28.2 Å². The Hall–Kier alpha value is -2.66. The molecule has 24 heavy (non-hydrogen) atoms. The van der Waals surface area contributed by atoms with Gasteiger partial charge >= 0.3 is 0 Å². The molecule has 120 valence electrons. The number of fused-ring (bicyclic) bond motifs is 2. The van der Waals surface area contributed by atoms with Gasteiger partial charge in [-0.05, 0) is 26.0 Å². The molecule has 0 saturated heterocycles. The summed E-state index contributed by atoms with van der Waals surface area (Å²) < 4.78 is 7.20. The third kappa shape index (κ3) is 2.29. The molecule has 0 radical (unpaired) electrons. The summed E-state index contributed by atoms with van der Waals surface area (Å²) in [6.45, 7) is 4.41. The second-order valence-electron chi connectivity index (χ2n) is 5.41. The number of halogens is 1. The molecule has 0 saturated carbocycles. The largest absolute Gasteiger partial charge is 0.478 e. The first-order valence-corrected chi connectivity index (χ1v) is 8.10. The maximum Gasteiger partial charge on any atom is 0.215 e. The molecule has 0 unspecified atom stereocenters. The van der Waals surface area contributed by atoms with Crippen molar-refractivity contribution in [1.82, 2.24) is 19.7 Å². The highest BCUT2D eigenvalue weighted by atomic mass is 35.5. The van der Waals surface area contributed by atoms with Gasteiger partial charge in [-0.1, -0.05) is 35.9 Å². The normalized spacial score (nSPS) is 11.3. The van der Waals surface area contributed by atoms with E-state index in [4.69, 9.17) is 21.3 Å². The van der Waals surface area contributed by atoms with Crippen LogP contribution in [0.1, 0.15) is 12.6 Å². The van der Waals surface area contributed by atoms with Crippen LogP contribution in [0.5, 0.6) is 5.88 Å². The van der Waals surface area contributed by atoms with Gasteiger partial charge in [-0.2, -0.15) is 14.8 Å². The molecule has 0 spiro atoms. The molecular formula is C18H15ClN4O. The summed E-state index contributed by atoms with van der Waals surface area (Å²) in [6.07, 6.45) is 0. The molecule has 3 aromatic heterocycles. The highest BCUT2D eigenvalue weighted by Gasteiger charge is 2.17. The molecule has 4 rings (SSSR count). The van der Waals surface area contributed by atoms with Crippen molar-refractivity contribution in [2.75, 3.05) is 6.61 Å². The first-order chi connectivity index (χ1) is 11.7. The Morgan fingerprint density at radius 3 is 2.75 bits per heavy atom. The van der Waals surface area contributed by atoms with Crippen LogP contribution in [-0.2, 0) is 0 Å². The third-order valence-corrected chi connectivity index (χ3v) is 4.23. The van der Waals surface area contributed by atoms with Crippen molar-refractivity contribution in [3.63, 3.8) is 0 Å². The predicted octanol–water partition coefficient (Wildman–Crippen LogP) is 4.33. The molecule has 0 atom stereocenters. The molecule has 0 amide bonds. The van der Waals surface area contributed by atoms with Gasteiger partial charge in [0.1, 0.15) is 0 Å². The lowest BCUT2D eigenvalue weighted by Gasteiger charge is -2.06. The minimum atomic E-state index is 0.559. The van der Waals surface area contributed by atoms with Crippen LogP contribution in [0.4, 0.5) is 0 Å². The van der Waals surface area contributed by atoms with Crippen LogP contribution in [0.2, 0.25) is 5.02 Å². The standard InChI is InChI=1S/C18H15ClN4O/c1-3-24-15-10-6-9-14(21-15)23-18-16(11(2)22-23)17(19)12-7-4-5-8-13(12)20-18/h4-10H,3H2,1-2H3. The number of ether oxygens (including phenoxy) is 1. The number of nitrogens with zero attached hydrogens (tertiary/aromatic N) is 4. The Balaban J connectivity index is 2.01. The highest BCUT2D eigenvalue weighted by Crippen LogP contribution is 2.33. The molecule has 6 heteroatoms. The quantitative estimate of drug-likeness (QED) is 0.558. The van der Waals surface area contributed by atoms with E-state index in [2.05, 4.69) is 10.1 Å². The lowest BCUT2D eigenvalue weighted by Crippen LogP contribution is -2.03. The van der Waals surface area contributed by atoms with E-state index in [-0.39, 0.29) is 0 Å². The van der Waals surface area contributed by atoms with Gasteiger partial charge in [0.25, 0.3) is 0 Å². The summed E-state index contributed by atoms with van der Waals surface area (Å²) in [5.74, 6) is 1.21. The van der Waals surface area contributed by atoms with Crippen molar-refractivity contribution in [2.45, 2.75) is 13.8 Å². The molecule has 0 aliphatic rings. The molecule has 0 aliphatic carbocycles. The zero-order chi connectivity index (χ0) is 16.7. The average molecular weight is 339 g/mol. The number of aromatic nitrogens is 4. The van der Waals surface area contributed by atoms with E-state index in [1.54, 1.807) is 4.68 Å². The van der Waals surface area contributed by atoms with Crippen LogP contribution in [0.3, 0.4) is 0 Å². The second-order valence-corrected chi connectivity index (χ2v) is 5.78. The van der Waals surface area contributed by atoms with Gasteiger partial charge in [0.2, 0.25) is 5.88 Å². The number of benzene rings is 1. The van der Waals surface area contributed by atoms with E-state index in [9.17, 15) is 0 Å². The maximum atomic E-state index is 6.62. The van der Waals surface area contributed by atoms with E-state index in [1.807, 2.05) is 56.3 Å². The Morgan fingerprint density at radius 2 is 1.92 bits per heavy atom. The van der Waals surface area contributed by atoms with Gasteiger partial charge in [-0.3, -0.25) is 0 Å². The molecule has 5 nitrogen and oxygen atoms in total. The van der Waals surface area contributed by atoms with Gasteiger partial charge < -0.3 is 4.74 Å². The maximum absolute atomic E-state index is 6.62. The monoisotopic (exact) mass is 338 g/mol. The van der Waals surface area contributed by atoms with Crippen molar-refractivity contribution in [1.29, 1.82) is 0 Å². The molecule has 0 N–H and O–H groups in total. The van der Waals surface area contributed by atoms with Gasteiger partial charge in [0, 0.05) is 11.5 Å². The topological polar surface area (TPSA) is 52.8 Å². The molecule has 4 aromatic rings. The van der Waals surface area contributed by atoms with Crippen molar-refractivity contribution >= 4 is 33.5 Å².